The lowest BCUT2D eigenvalue weighted by atomic mass is 9.99. The lowest BCUT2D eigenvalue weighted by molar-refractivity contribution is -0.120. The van der Waals surface area contributed by atoms with Gasteiger partial charge in [0.15, 0.2) is 0 Å². The van der Waals surface area contributed by atoms with Crippen LogP contribution in [0.4, 0.5) is 5.69 Å². The zero-order chi connectivity index (χ0) is 20.1. The second-order valence-corrected chi connectivity index (χ2v) is 9.06. The van der Waals surface area contributed by atoms with E-state index in [4.69, 9.17) is 4.74 Å². The van der Waals surface area contributed by atoms with Crippen LogP contribution in [0.2, 0.25) is 0 Å². The highest BCUT2D eigenvalue weighted by molar-refractivity contribution is 7.86. The highest BCUT2D eigenvalue weighted by atomic mass is 32.2. The van der Waals surface area contributed by atoms with Gasteiger partial charge in [-0.2, -0.15) is 17.0 Å². The van der Waals surface area contributed by atoms with Crippen molar-refractivity contribution in [1.82, 2.24) is 8.61 Å². The van der Waals surface area contributed by atoms with Crippen LogP contribution in [0.25, 0.3) is 0 Å². The van der Waals surface area contributed by atoms with E-state index in [2.05, 4.69) is 5.32 Å². The lowest BCUT2D eigenvalue weighted by Crippen LogP contribution is -2.47. The van der Waals surface area contributed by atoms with E-state index in [0.717, 1.165) is 5.75 Å². The first-order valence-electron chi connectivity index (χ1n) is 9.17. The average molecular weight is 404 g/mol. The Morgan fingerprint density at radius 3 is 2.36 bits per heavy atom. The Hall–Kier alpha value is -2.42. The third-order valence-electron chi connectivity index (χ3n) is 4.64. The van der Waals surface area contributed by atoms with Gasteiger partial charge in [0.2, 0.25) is 5.91 Å². The topological polar surface area (TPSA) is 79.0 Å². The molecule has 0 saturated carbocycles. The van der Waals surface area contributed by atoms with Crippen LogP contribution in [-0.2, 0) is 15.0 Å². The molecule has 1 saturated heterocycles. The van der Waals surface area contributed by atoms with Gasteiger partial charge in [0.05, 0.1) is 5.92 Å². The van der Waals surface area contributed by atoms with Crippen LogP contribution in [0.1, 0.15) is 12.8 Å². The molecule has 1 heterocycles. The fourth-order valence-corrected chi connectivity index (χ4v) is 4.26. The number of ether oxygens (including phenoxy) is 1. The largest absolute Gasteiger partial charge is 0.457 e. The summed E-state index contributed by atoms with van der Waals surface area (Å²) >= 11 is 0. The number of anilines is 1. The van der Waals surface area contributed by atoms with Crippen LogP contribution in [0, 0.1) is 5.92 Å². The number of para-hydroxylation sites is 1. The Morgan fingerprint density at radius 1 is 1.07 bits per heavy atom. The lowest BCUT2D eigenvalue weighted by Gasteiger charge is -2.32. The quantitative estimate of drug-likeness (QED) is 0.804. The number of hydrogen-bond donors (Lipinski definition) is 1. The Bertz CT molecular complexity index is 899. The van der Waals surface area contributed by atoms with Crippen molar-refractivity contribution in [3.05, 3.63) is 54.6 Å². The van der Waals surface area contributed by atoms with E-state index in [0.29, 0.717) is 30.8 Å². The van der Waals surface area contributed by atoms with Gasteiger partial charge in [-0.25, -0.2) is 0 Å². The third kappa shape index (κ3) is 4.89. The summed E-state index contributed by atoms with van der Waals surface area (Å²) in [4.78, 5) is 12.6. The summed E-state index contributed by atoms with van der Waals surface area (Å²) < 4.78 is 32.9. The first-order chi connectivity index (χ1) is 13.4. The molecule has 1 amide bonds. The standard InChI is InChI=1S/C20H25N3O4S/c1-22(2)28(25,26)23-14-6-7-16(15-23)20(24)21-17-10-12-19(13-11-17)27-18-8-4-3-5-9-18/h3-5,8-13,16H,6-7,14-15H2,1-2H3,(H,21,24)/t16-/m0/s1. The van der Waals surface area contributed by atoms with E-state index in [1.165, 1.54) is 22.7 Å². The van der Waals surface area contributed by atoms with Crippen molar-refractivity contribution in [2.45, 2.75) is 12.8 Å². The molecule has 1 aliphatic heterocycles. The number of carbonyl (C=O) groups excluding carboxylic acids is 1. The Balaban J connectivity index is 1.60. The van der Waals surface area contributed by atoms with E-state index in [-0.39, 0.29) is 18.4 Å². The van der Waals surface area contributed by atoms with Crippen LogP contribution in [0.15, 0.2) is 54.6 Å². The maximum atomic E-state index is 12.6. The van der Waals surface area contributed by atoms with Gasteiger partial charge in [-0.15, -0.1) is 0 Å². The van der Waals surface area contributed by atoms with E-state index < -0.39 is 10.2 Å². The second-order valence-electron chi connectivity index (χ2n) is 6.92. The Kier molecular flexibility index (Phi) is 6.33. The molecule has 1 aliphatic rings. The highest BCUT2D eigenvalue weighted by Crippen LogP contribution is 2.25. The van der Waals surface area contributed by atoms with Gasteiger partial charge in [-0.1, -0.05) is 18.2 Å². The smallest absolute Gasteiger partial charge is 0.281 e. The predicted octanol–water partition coefficient (Wildman–Crippen LogP) is 2.94. The molecule has 3 rings (SSSR count). The third-order valence-corrected chi connectivity index (χ3v) is 6.55. The molecule has 0 bridgehead atoms. The van der Waals surface area contributed by atoms with E-state index in [1.807, 2.05) is 30.3 Å². The Morgan fingerprint density at radius 2 is 1.71 bits per heavy atom. The maximum absolute atomic E-state index is 12.6. The van der Waals surface area contributed by atoms with Crippen molar-refractivity contribution in [3.63, 3.8) is 0 Å². The number of amides is 1. The number of nitrogens with zero attached hydrogens (tertiary/aromatic N) is 2. The molecular formula is C20H25N3O4S. The molecule has 0 unspecified atom stereocenters. The van der Waals surface area contributed by atoms with E-state index in [1.54, 1.807) is 24.3 Å². The molecular weight excluding hydrogens is 378 g/mol. The fraction of sp³-hybridized carbons (Fsp3) is 0.350. The molecule has 0 spiro atoms. The summed E-state index contributed by atoms with van der Waals surface area (Å²) in [6.45, 7) is 0.636. The van der Waals surface area contributed by atoms with Crippen LogP contribution >= 0.6 is 0 Å². The number of nitrogens with one attached hydrogen (secondary N) is 1. The van der Waals surface area contributed by atoms with Crippen LogP contribution in [0.3, 0.4) is 0 Å². The first-order valence-corrected chi connectivity index (χ1v) is 10.6. The van der Waals surface area contributed by atoms with Crippen molar-refractivity contribution in [2.75, 3.05) is 32.5 Å². The molecule has 0 aliphatic carbocycles. The zero-order valence-electron chi connectivity index (χ0n) is 16.0. The fourth-order valence-electron chi connectivity index (χ4n) is 3.07. The molecule has 1 N–H and O–H groups in total. The molecule has 2 aromatic carbocycles. The number of piperidine rings is 1. The number of carbonyl (C=O) groups is 1. The van der Waals surface area contributed by atoms with E-state index in [9.17, 15) is 13.2 Å². The number of hydrogen-bond acceptors (Lipinski definition) is 4. The van der Waals surface area contributed by atoms with Crippen molar-refractivity contribution < 1.29 is 17.9 Å². The minimum absolute atomic E-state index is 0.171. The summed E-state index contributed by atoms with van der Waals surface area (Å²) in [5.41, 5.74) is 0.651. The number of benzene rings is 2. The monoisotopic (exact) mass is 403 g/mol. The maximum Gasteiger partial charge on any atom is 0.281 e. The van der Waals surface area contributed by atoms with Gasteiger partial charge >= 0.3 is 0 Å². The van der Waals surface area contributed by atoms with Gasteiger partial charge < -0.3 is 10.1 Å². The molecule has 0 aromatic heterocycles. The van der Waals surface area contributed by atoms with Crippen LogP contribution < -0.4 is 10.1 Å². The van der Waals surface area contributed by atoms with Gasteiger partial charge in [-0.3, -0.25) is 4.79 Å². The summed E-state index contributed by atoms with van der Waals surface area (Å²) in [5.74, 6) is 0.868. The second kappa shape index (κ2) is 8.72. The molecule has 0 radical (unpaired) electrons. The molecule has 150 valence electrons. The summed E-state index contributed by atoms with van der Waals surface area (Å²) in [7, 11) is -0.508. The van der Waals surface area contributed by atoms with Crippen LogP contribution in [-0.4, -0.2) is 50.1 Å². The SMILES string of the molecule is CN(C)S(=O)(=O)N1CCC[C@H](C(=O)Nc2ccc(Oc3ccccc3)cc2)C1. The minimum atomic E-state index is -3.50. The molecule has 8 heteroatoms. The van der Waals surface area contributed by atoms with Crippen molar-refractivity contribution in [3.8, 4) is 11.5 Å². The predicted molar refractivity (Wildman–Crippen MR) is 108 cm³/mol. The van der Waals surface area contributed by atoms with Gasteiger partial charge in [0.1, 0.15) is 11.5 Å². The van der Waals surface area contributed by atoms with Crippen molar-refractivity contribution in [1.29, 1.82) is 0 Å². The van der Waals surface area contributed by atoms with Gasteiger partial charge in [-0.05, 0) is 49.2 Å². The zero-order valence-corrected chi connectivity index (χ0v) is 16.9. The summed E-state index contributed by atoms with van der Waals surface area (Å²) in [6.07, 6.45) is 1.33. The highest BCUT2D eigenvalue weighted by Gasteiger charge is 2.33. The molecule has 1 fully saturated rings. The molecule has 28 heavy (non-hydrogen) atoms. The van der Waals surface area contributed by atoms with Gasteiger partial charge in [0.25, 0.3) is 10.2 Å². The van der Waals surface area contributed by atoms with Crippen molar-refractivity contribution in [2.24, 2.45) is 5.92 Å². The Labute approximate surface area is 166 Å². The first kappa shape index (κ1) is 20.3. The van der Waals surface area contributed by atoms with E-state index >= 15 is 0 Å². The minimum Gasteiger partial charge on any atom is -0.457 e. The summed E-state index contributed by atoms with van der Waals surface area (Å²) in [6, 6.07) is 16.6. The van der Waals surface area contributed by atoms with Crippen LogP contribution in [0.5, 0.6) is 11.5 Å². The number of rotatable bonds is 6. The molecule has 1 atom stereocenters. The summed E-state index contributed by atoms with van der Waals surface area (Å²) in [5, 5.41) is 2.87. The van der Waals surface area contributed by atoms with Crippen molar-refractivity contribution >= 4 is 21.8 Å². The molecule has 7 nitrogen and oxygen atoms in total. The molecule has 2 aromatic rings. The average Bonchev–Trinajstić information content (AvgIpc) is 2.70. The van der Waals surface area contributed by atoms with Gasteiger partial charge in [0, 0.05) is 32.9 Å². The normalized spacial score (nSPS) is 18.0.